The Morgan fingerprint density at radius 3 is 2.62 bits per heavy atom. The van der Waals surface area contributed by atoms with Gasteiger partial charge in [-0.1, -0.05) is 35.8 Å². The van der Waals surface area contributed by atoms with Gasteiger partial charge < -0.3 is 9.88 Å². The molecular formula is C22H29BrN2O. The number of hydrogen-bond acceptors (Lipinski definition) is 1. The third-order valence-corrected chi connectivity index (χ3v) is 7.20. The van der Waals surface area contributed by atoms with Gasteiger partial charge in [-0.15, -0.1) is 0 Å². The molecule has 0 spiro atoms. The summed E-state index contributed by atoms with van der Waals surface area (Å²) in [7, 11) is 0. The van der Waals surface area contributed by atoms with E-state index in [-0.39, 0.29) is 5.91 Å². The van der Waals surface area contributed by atoms with Crippen LogP contribution in [0.15, 0.2) is 28.9 Å². The largest absolute Gasteiger partial charge is 0.351 e. The Balaban J connectivity index is 1.58. The number of rotatable bonds is 5. The van der Waals surface area contributed by atoms with Crippen molar-refractivity contribution in [3.05, 3.63) is 34.4 Å². The van der Waals surface area contributed by atoms with Crippen LogP contribution in [0.1, 0.15) is 62.7 Å². The second-order valence-electron chi connectivity index (χ2n) is 8.89. The van der Waals surface area contributed by atoms with Gasteiger partial charge in [-0.2, -0.15) is 0 Å². The average molecular weight is 417 g/mol. The van der Waals surface area contributed by atoms with Gasteiger partial charge in [-0.3, -0.25) is 4.79 Å². The van der Waals surface area contributed by atoms with Gasteiger partial charge in [0.15, 0.2) is 0 Å². The molecule has 0 saturated heterocycles. The van der Waals surface area contributed by atoms with Crippen molar-refractivity contribution in [3.63, 3.8) is 0 Å². The molecule has 5 rings (SSSR count). The summed E-state index contributed by atoms with van der Waals surface area (Å²) >= 11 is 3.66. The van der Waals surface area contributed by atoms with Gasteiger partial charge >= 0.3 is 0 Å². The van der Waals surface area contributed by atoms with Crippen LogP contribution in [0.4, 0.5) is 0 Å². The van der Waals surface area contributed by atoms with Gasteiger partial charge in [-0.05, 0) is 67.9 Å². The maximum absolute atomic E-state index is 13.1. The van der Waals surface area contributed by atoms with Crippen molar-refractivity contribution >= 4 is 32.7 Å². The Bertz CT molecular complexity index is 801. The number of hydrogen-bond donors (Lipinski definition) is 1. The third-order valence-electron chi connectivity index (χ3n) is 6.53. The van der Waals surface area contributed by atoms with Gasteiger partial charge in [0.25, 0.3) is 5.91 Å². The van der Waals surface area contributed by atoms with Crippen molar-refractivity contribution < 1.29 is 4.79 Å². The highest BCUT2D eigenvalue weighted by molar-refractivity contribution is 9.10. The molecule has 0 aliphatic heterocycles. The molecule has 1 amide bonds. The van der Waals surface area contributed by atoms with Crippen molar-refractivity contribution in [1.82, 2.24) is 9.88 Å². The Hall–Kier alpha value is -1.29. The molecular weight excluding hydrogens is 388 g/mol. The van der Waals surface area contributed by atoms with Crippen LogP contribution >= 0.6 is 15.9 Å². The molecule has 1 aromatic heterocycles. The minimum Gasteiger partial charge on any atom is -0.351 e. The van der Waals surface area contributed by atoms with Gasteiger partial charge in [0.2, 0.25) is 0 Å². The number of nitrogens with one attached hydrogen (secondary N) is 1. The summed E-state index contributed by atoms with van der Waals surface area (Å²) in [6.45, 7) is 6.18. The number of benzene rings is 1. The first-order valence-electron chi connectivity index (χ1n) is 10.0. The molecule has 2 aromatic rings. The van der Waals surface area contributed by atoms with Crippen molar-refractivity contribution in [1.29, 1.82) is 0 Å². The molecule has 1 heterocycles. The first-order valence-corrected chi connectivity index (χ1v) is 10.8. The summed E-state index contributed by atoms with van der Waals surface area (Å²) in [5.41, 5.74) is 2.29. The monoisotopic (exact) mass is 416 g/mol. The molecule has 3 aliphatic rings. The molecule has 26 heavy (non-hydrogen) atoms. The first-order chi connectivity index (χ1) is 12.5. The lowest BCUT2D eigenvalue weighted by Crippen LogP contribution is -2.43. The van der Waals surface area contributed by atoms with Crippen LogP contribution in [0.2, 0.25) is 0 Å². The molecule has 3 fully saturated rings. The SMILES string of the molecule is CC(C)Cn1cc(C(=O)NCC23CCC(CC2)CC3)c2c(Br)cccc21. The standard InChI is InChI=1S/C22H29BrN2O/c1-15(2)12-25-13-17(20-18(23)4-3-5-19(20)25)21(26)24-14-22-9-6-16(7-10-22)8-11-22/h3-5,13,15-16H,6-12,14H2,1-2H3,(H,24,26). The predicted molar refractivity (Wildman–Crippen MR) is 110 cm³/mol. The van der Waals surface area contributed by atoms with Crippen LogP contribution in [-0.4, -0.2) is 17.0 Å². The number of amides is 1. The van der Waals surface area contributed by atoms with Crippen molar-refractivity contribution in [3.8, 4) is 0 Å². The van der Waals surface area contributed by atoms with E-state index >= 15 is 0 Å². The van der Waals surface area contributed by atoms with E-state index in [1.807, 2.05) is 18.3 Å². The first kappa shape index (κ1) is 18.1. The lowest BCUT2D eigenvalue weighted by atomic mass is 9.61. The fourth-order valence-corrected chi connectivity index (χ4v) is 5.56. The third kappa shape index (κ3) is 3.33. The normalized spacial score (nSPS) is 25.2. The summed E-state index contributed by atoms with van der Waals surface area (Å²) in [6.07, 6.45) is 9.98. The zero-order valence-corrected chi connectivity index (χ0v) is 17.4. The van der Waals surface area contributed by atoms with Gasteiger partial charge in [0.05, 0.1) is 5.56 Å². The zero-order chi connectivity index (χ0) is 18.3. The summed E-state index contributed by atoms with van der Waals surface area (Å²) in [5.74, 6) is 1.57. The minimum atomic E-state index is 0.0754. The Labute approximate surface area is 164 Å². The van der Waals surface area contributed by atoms with Crippen LogP contribution in [0.25, 0.3) is 10.9 Å². The van der Waals surface area contributed by atoms with E-state index < -0.39 is 0 Å². The molecule has 1 aromatic carbocycles. The van der Waals surface area contributed by atoms with Crippen LogP contribution in [0.3, 0.4) is 0 Å². The highest BCUT2D eigenvalue weighted by Crippen LogP contribution is 2.49. The fourth-order valence-electron chi connectivity index (χ4n) is 4.99. The van der Waals surface area contributed by atoms with Crippen LogP contribution in [-0.2, 0) is 6.54 Å². The molecule has 0 atom stereocenters. The highest BCUT2D eigenvalue weighted by atomic mass is 79.9. The lowest BCUT2D eigenvalue weighted by Gasteiger charge is -2.46. The van der Waals surface area contributed by atoms with E-state index in [0.717, 1.165) is 39.9 Å². The van der Waals surface area contributed by atoms with Gasteiger partial charge in [0, 0.05) is 34.7 Å². The summed E-state index contributed by atoms with van der Waals surface area (Å²) in [5, 5.41) is 4.34. The second-order valence-corrected chi connectivity index (χ2v) is 9.74. The highest BCUT2D eigenvalue weighted by Gasteiger charge is 2.40. The van der Waals surface area contributed by atoms with Gasteiger partial charge in [0.1, 0.15) is 0 Å². The van der Waals surface area contributed by atoms with Crippen LogP contribution in [0, 0.1) is 17.3 Å². The molecule has 3 saturated carbocycles. The molecule has 140 valence electrons. The van der Waals surface area contributed by atoms with Crippen molar-refractivity contribution in [2.45, 2.75) is 58.9 Å². The molecule has 2 bridgehead atoms. The maximum Gasteiger partial charge on any atom is 0.253 e. The van der Waals surface area contributed by atoms with E-state index in [1.165, 1.54) is 38.5 Å². The number of nitrogens with zero attached hydrogens (tertiary/aromatic N) is 1. The van der Waals surface area contributed by atoms with Crippen LogP contribution < -0.4 is 5.32 Å². The Morgan fingerprint density at radius 1 is 1.27 bits per heavy atom. The molecule has 3 aliphatic carbocycles. The molecule has 3 nitrogen and oxygen atoms in total. The summed E-state index contributed by atoms with van der Waals surface area (Å²) in [4.78, 5) is 13.1. The van der Waals surface area contributed by atoms with E-state index in [4.69, 9.17) is 0 Å². The smallest absolute Gasteiger partial charge is 0.253 e. The maximum atomic E-state index is 13.1. The number of carbonyl (C=O) groups is 1. The number of carbonyl (C=O) groups excluding carboxylic acids is 1. The van der Waals surface area contributed by atoms with E-state index in [0.29, 0.717) is 11.3 Å². The molecule has 0 unspecified atom stereocenters. The Kier molecular flexibility index (Phi) is 4.89. The fraction of sp³-hybridized carbons (Fsp3) is 0.591. The van der Waals surface area contributed by atoms with Crippen molar-refractivity contribution in [2.24, 2.45) is 17.3 Å². The average Bonchev–Trinajstić information content (AvgIpc) is 3.01. The molecule has 0 radical (unpaired) electrons. The summed E-state index contributed by atoms with van der Waals surface area (Å²) in [6, 6.07) is 6.19. The molecule has 4 heteroatoms. The number of aromatic nitrogens is 1. The Morgan fingerprint density at radius 2 is 1.96 bits per heavy atom. The van der Waals surface area contributed by atoms with E-state index in [2.05, 4.69) is 45.7 Å². The quantitative estimate of drug-likeness (QED) is 0.660. The number of fused-ring (bicyclic) bond motifs is 4. The van der Waals surface area contributed by atoms with Crippen molar-refractivity contribution in [2.75, 3.05) is 6.54 Å². The zero-order valence-electron chi connectivity index (χ0n) is 15.9. The minimum absolute atomic E-state index is 0.0754. The van der Waals surface area contributed by atoms with E-state index in [1.54, 1.807) is 0 Å². The summed E-state index contributed by atoms with van der Waals surface area (Å²) < 4.78 is 3.23. The topological polar surface area (TPSA) is 34.0 Å². The van der Waals surface area contributed by atoms with E-state index in [9.17, 15) is 4.79 Å². The van der Waals surface area contributed by atoms with Crippen LogP contribution in [0.5, 0.6) is 0 Å². The lowest BCUT2D eigenvalue weighted by molar-refractivity contribution is 0.0598. The second kappa shape index (κ2) is 7.03. The van der Waals surface area contributed by atoms with Gasteiger partial charge in [-0.25, -0.2) is 0 Å². The predicted octanol–water partition coefficient (Wildman–Crippen LogP) is 5.76. The molecule has 1 N–H and O–H groups in total. The number of halogens is 1.